The van der Waals surface area contributed by atoms with E-state index in [1.54, 1.807) is 11.3 Å². The van der Waals surface area contributed by atoms with Gasteiger partial charge in [-0.2, -0.15) is 0 Å². The smallest absolute Gasteiger partial charge is 0.307 e. The summed E-state index contributed by atoms with van der Waals surface area (Å²) in [7, 11) is 0. The van der Waals surface area contributed by atoms with E-state index < -0.39 is 17.8 Å². The Hall–Kier alpha value is -2.21. The fourth-order valence-corrected chi connectivity index (χ4v) is 5.02. The predicted molar refractivity (Wildman–Crippen MR) is 97.7 cm³/mol. The maximum atomic E-state index is 12.7. The van der Waals surface area contributed by atoms with Gasteiger partial charge in [-0.1, -0.05) is 26.0 Å². The molecule has 1 aromatic carbocycles. The van der Waals surface area contributed by atoms with E-state index in [0.717, 1.165) is 21.6 Å². The van der Waals surface area contributed by atoms with Crippen LogP contribution in [0.5, 0.6) is 0 Å². The molecule has 2 aromatic rings. The average Bonchev–Trinajstić information content (AvgIpc) is 3.27. The fraction of sp³-hybridized carbons (Fsp3) is 0.421. The summed E-state index contributed by atoms with van der Waals surface area (Å²) in [5.74, 6) is -1.80. The van der Waals surface area contributed by atoms with Crippen molar-refractivity contribution in [1.29, 1.82) is 0 Å². The lowest BCUT2D eigenvalue weighted by Gasteiger charge is -2.23. The van der Waals surface area contributed by atoms with Crippen LogP contribution >= 0.6 is 11.3 Å². The molecule has 1 saturated carbocycles. The van der Waals surface area contributed by atoms with Crippen molar-refractivity contribution in [2.45, 2.75) is 26.2 Å². The molecule has 0 radical (unpaired) electrons. The molecule has 4 atom stereocenters. The number of carbonyl (C=O) groups excluding carboxylic acids is 1. The van der Waals surface area contributed by atoms with Crippen LogP contribution in [0.3, 0.4) is 0 Å². The molecule has 2 bridgehead atoms. The van der Waals surface area contributed by atoms with Crippen LogP contribution in [0.25, 0.3) is 10.2 Å². The number of carboxylic acids is 1. The minimum atomic E-state index is -0.878. The number of amides is 1. The number of nitrogens with zero attached hydrogens (tertiary/aromatic N) is 1. The van der Waals surface area contributed by atoms with E-state index in [4.69, 9.17) is 0 Å². The van der Waals surface area contributed by atoms with Gasteiger partial charge in [0.25, 0.3) is 0 Å². The van der Waals surface area contributed by atoms with E-state index in [0.29, 0.717) is 11.6 Å². The van der Waals surface area contributed by atoms with Gasteiger partial charge in [-0.25, -0.2) is 4.98 Å². The van der Waals surface area contributed by atoms with Gasteiger partial charge in [0.1, 0.15) is 0 Å². The third-order valence-corrected chi connectivity index (χ3v) is 6.53. The molecule has 4 unspecified atom stereocenters. The van der Waals surface area contributed by atoms with Crippen molar-refractivity contribution in [3.8, 4) is 0 Å². The quantitative estimate of drug-likeness (QED) is 0.815. The fourth-order valence-electron chi connectivity index (χ4n) is 4.01. The van der Waals surface area contributed by atoms with Crippen LogP contribution in [0.15, 0.2) is 30.4 Å². The second-order valence-electron chi connectivity index (χ2n) is 7.22. The van der Waals surface area contributed by atoms with Crippen LogP contribution < -0.4 is 5.32 Å². The Kier molecular flexibility index (Phi) is 3.87. The Balaban J connectivity index is 1.57. The SMILES string of the molecule is CC(C)c1nc2ccc(NC(=O)C3C4C=CC(C4)C3C(=O)O)cc2s1. The standard InChI is InChI=1S/C19H20N2O3S/c1-9(2)18-21-13-6-5-12(8-14(13)25-18)20-17(22)15-10-3-4-11(7-10)16(15)19(23)24/h3-6,8-11,15-16H,7H2,1-2H3,(H,20,22)(H,23,24). The molecule has 5 nitrogen and oxygen atoms in total. The number of benzene rings is 1. The van der Waals surface area contributed by atoms with Gasteiger partial charge in [0.05, 0.1) is 27.1 Å². The third kappa shape index (κ3) is 2.74. The number of hydrogen-bond acceptors (Lipinski definition) is 4. The molecule has 0 saturated heterocycles. The van der Waals surface area contributed by atoms with Gasteiger partial charge in [-0.15, -0.1) is 11.3 Å². The zero-order valence-corrected chi connectivity index (χ0v) is 14.9. The lowest BCUT2D eigenvalue weighted by molar-refractivity contribution is -0.146. The number of fused-ring (bicyclic) bond motifs is 3. The third-order valence-electron chi connectivity index (χ3n) is 5.21. The molecule has 2 N–H and O–H groups in total. The Morgan fingerprint density at radius 2 is 1.96 bits per heavy atom. The van der Waals surface area contributed by atoms with Crippen molar-refractivity contribution in [3.63, 3.8) is 0 Å². The van der Waals surface area contributed by atoms with Gasteiger partial charge in [0.2, 0.25) is 5.91 Å². The van der Waals surface area contributed by atoms with Crippen LogP contribution in [0.1, 0.15) is 31.2 Å². The van der Waals surface area contributed by atoms with Crippen molar-refractivity contribution < 1.29 is 14.7 Å². The predicted octanol–water partition coefficient (Wildman–Crippen LogP) is 3.88. The first-order valence-electron chi connectivity index (χ1n) is 8.56. The van der Waals surface area contributed by atoms with Gasteiger partial charge >= 0.3 is 5.97 Å². The Morgan fingerprint density at radius 1 is 1.24 bits per heavy atom. The normalized spacial score (nSPS) is 27.3. The minimum Gasteiger partial charge on any atom is -0.481 e. The lowest BCUT2D eigenvalue weighted by Crippen LogP contribution is -2.36. The largest absolute Gasteiger partial charge is 0.481 e. The number of nitrogens with one attached hydrogen (secondary N) is 1. The molecule has 130 valence electrons. The Bertz CT molecular complexity index is 886. The van der Waals surface area contributed by atoms with Crippen LogP contribution in [0, 0.1) is 23.7 Å². The molecular formula is C19H20N2O3S. The van der Waals surface area contributed by atoms with Crippen molar-refractivity contribution in [2.75, 3.05) is 5.32 Å². The second-order valence-corrected chi connectivity index (χ2v) is 8.28. The summed E-state index contributed by atoms with van der Waals surface area (Å²) < 4.78 is 1.03. The summed E-state index contributed by atoms with van der Waals surface area (Å²) in [5.41, 5.74) is 1.63. The lowest BCUT2D eigenvalue weighted by atomic mass is 9.82. The van der Waals surface area contributed by atoms with Crippen LogP contribution in [-0.2, 0) is 9.59 Å². The molecule has 0 aliphatic heterocycles. The first kappa shape index (κ1) is 16.3. The van der Waals surface area contributed by atoms with E-state index in [1.165, 1.54) is 0 Å². The maximum Gasteiger partial charge on any atom is 0.307 e. The van der Waals surface area contributed by atoms with E-state index in [1.807, 2.05) is 30.4 Å². The van der Waals surface area contributed by atoms with E-state index in [9.17, 15) is 14.7 Å². The van der Waals surface area contributed by atoms with Crippen LogP contribution in [-0.4, -0.2) is 22.0 Å². The van der Waals surface area contributed by atoms with Crippen molar-refractivity contribution >= 4 is 39.1 Å². The van der Waals surface area contributed by atoms with Crippen LogP contribution in [0.2, 0.25) is 0 Å². The van der Waals surface area contributed by atoms with Crippen molar-refractivity contribution in [3.05, 3.63) is 35.4 Å². The number of carbonyl (C=O) groups is 2. The highest BCUT2D eigenvalue weighted by atomic mass is 32.1. The van der Waals surface area contributed by atoms with Crippen molar-refractivity contribution in [2.24, 2.45) is 23.7 Å². The van der Waals surface area contributed by atoms with Gasteiger partial charge in [-0.05, 0) is 36.5 Å². The van der Waals surface area contributed by atoms with Gasteiger partial charge in [0.15, 0.2) is 0 Å². The summed E-state index contributed by atoms with van der Waals surface area (Å²) >= 11 is 1.63. The van der Waals surface area contributed by atoms with Gasteiger partial charge < -0.3 is 10.4 Å². The summed E-state index contributed by atoms with van der Waals surface area (Å²) in [6, 6.07) is 5.67. The number of thiazole rings is 1. The van der Waals surface area contributed by atoms with Gasteiger partial charge in [-0.3, -0.25) is 9.59 Å². The highest BCUT2D eigenvalue weighted by molar-refractivity contribution is 7.18. The van der Waals surface area contributed by atoms with E-state index in [2.05, 4.69) is 24.1 Å². The number of allylic oxidation sites excluding steroid dienone is 2. The average molecular weight is 356 g/mol. The summed E-state index contributed by atoms with van der Waals surface area (Å²) in [5, 5.41) is 13.5. The van der Waals surface area contributed by atoms with Crippen LogP contribution in [0.4, 0.5) is 5.69 Å². The molecule has 6 heteroatoms. The Labute approximate surface area is 149 Å². The molecule has 0 spiro atoms. The summed E-state index contributed by atoms with van der Waals surface area (Å²) in [4.78, 5) is 28.9. The first-order chi connectivity index (χ1) is 11.9. The molecule has 1 aromatic heterocycles. The molecular weight excluding hydrogens is 336 g/mol. The highest BCUT2D eigenvalue weighted by Crippen LogP contribution is 2.48. The molecule has 4 rings (SSSR count). The molecule has 2 aliphatic rings. The maximum absolute atomic E-state index is 12.7. The first-order valence-corrected chi connectivity index (χ1v) is 9.38. The van der Waals surface area contributed by atoms with E-state index >= 15 is 0 Å². The number of rotatable bonds is 4. The summed E-state index contributed by atoms with van der Waals surface area (Å²) in [6.45, 7) is 4.21. The Morgan fingerprint density at radius 3 is 2.64 bits per heavy atom. The minimum absolute atomic E-state index is 0.0178. The number of aliphatic carboxylic acids is 1. The molecule has 2 aliphatic carbocycles. The van der Waals surface area contributed by atoms with E-state index in [-0.39, 0.29) is 17.7 Å². The van der Waals surface area contributed by atoms with Gasteiger partial charge in [0, 0.05) is 11.6 Å². The topological polar surface area (TPSA) is 79.3 Å². The molecule has 1 heterocycles. The number of hydrogen-bond donors (Lipinski definition) is 2. The molecule has 1 amide bonds. The monoisotopic (exact) mass is 356 g/mol. The summed E-state index contributed by atoms with van der Waals surface area (Å²) in [6.07, 6.45) is 4.71. The second kappa shape index (κ2) is 5.95. The number of carboxylic acid groups (broad SMARTS) is 1. The zero-order valence-electron chi connectivity index (χ0n) is 14.1. The van der Waals surface area contributed by atoms with Crippen molar-refractivity contribution in [1.82, 2.24) is 4.98 Å². The molecule has 25 heavy (non-hydrogen) atoms. The number of aromatic nitrogens is 1. The zero-order chi connectivity index (χ0) is 17.7. The molecule has 1 fully saturated rings. The number of anilines is 1. The highest BCUT2D eigenvalue weighted by Gasteiger charge is 2.51.